The second-order valence-electron chi connectivity index (χ2n) is 5.37. The number of amides is 1. The van der Waals surface area contributed by atoms with Crippen LogP contribution in [0.5, 0.6) is 0 Å². The molecule has 0 fully saturated rings. The summed E-state index contributed by atoms with van der Waals surface area (Å²) in [5, 5.41) is 5.15. The number of hydrogen-bond acceptors (Lipinski definition) is 3. The molecule has 0 atom stereocenters. The number of benzene rings is 2. The quantitative estimate of drug-likeness (QED) is 0.497. The predicted molar refractivity (Wildman–Crippen MR) is 100 cm³/mol. The van der Waals surface area contributed by atoms with E-state index in [2.05, 4.69) is 10.5 Å². The van der Waals surface area contributed by atoms with Gasteiger partial charge in [-0.25, -0.2) is 5.43 Å². The van der Waals surface area contributed by atoms with Gasteiger partial charge in [0.25, 0.3) is 5.91 Å². The molecule has 3 aromatic rings. The minimum Gasteiger partial charge on any atom is -0.455 e. The van der Waals surface area contributed by atoms with Crippen molar-refractivity contribution in [2.45, 2.75) is 6.92 Å². The highest BCUT2D eigenvalue weighted by atomic mass is 35.5. The molecule has 1 N–H and O–H groups in total. The zero-order chi connectivity index (χ0) is 17.8. The number of halogens is 2. The van der Waals surface area contributed by atoms with Gasteiger partial charge in [-0.3, -0.25) is 4.79 Å². The number of carbonyl (C=O) groups is 1. The first-order valence-electron chi connectivity index (χ1n) is 7.48. The van der Waals surface area contributed by atoms with Crippen LogP contribution >= 0.6 is 23.2 Å². The van der Waals surface area contributed by atoms with Crippen molar-refractivity contribution in [3.63, 3.8) is 0 Å². The van der Waals surface area contributed by atoms with E-state index in [-0.39, 0.29) is 5.91 Å². The molecule has 0 spiro atoms. The molecule has 4 nitrogen and oxygen atoms in total. The number of hydrogen-bond donors (Lipinski definition) is 1. The van der Waals surface area contributed by atoms with E-state index < -0.39 is 0 Å². The first-order valence-corrected chi connectivity index (χ1v) is 8.24. The van der Waals surface area contributed by atoms with Crippen LogP contribution in [0.3, 0.4) is 0 Å². The fourth-order valence-corrected chi connectivity index (χ4v) is 2.45. The molecule has 1 amide bonds. The lowest BCUT2D eigenvalue weighted by Crippen LogP contribution is -2.17. The van der Waals surface area contributed by atoms with Gasteiger partial charge in [0.2, 0.25) is 0 Å². The van der Waals surface area contributed by atoms with Crippen LogP contribution in [-0.2, 0) is 0 Å². The Kier molecular flexibility index (Phi) is 5.22. The SMILES string of the molecule is Cc1ccc(-c2ccc(C=NNC(=O)c3ccc(Cl)cc3)o2)cc1Cl. The van der Waals surface area contributed by atoms with E-state index in [1.165, 1.54) is 6.21 Å². The third-order valence-electron chi connectivity index (χ3n) is 3.55. The van der Waals surface area contributed by atoms with Crippen molar-refractivity contribution >= 4 is 35.3 Å². The summed E-state index contributed by atoms with van der Waals surface area (Å²) in [7, 11) is 0. The van der Waals surface area contributed by atoms with Gasteiger partial charge in [-0.1, -0.05) is 35.3 Å². The maximum Gasteiger partial charge on any atom is 0.271 e. The third kappa shape index (κ3) is 4.29. The molecule has 1 heterocycles. The van der Waals surface area contributed by atoms with E-state index in [0.29, 0.717) is 27.1 Å². The molecule has 0 aliphatic heterocycles. The molecule has 1 aromatic heterocycles. The Balaban J connectivity index is 1.66. The first kappa shape index (κ1) is 17.3. The van der Waals surface area contributed by atoms with Gasteiger partial charge in [-0.05, 0) is 55.0 Å². The monoisotopic (exact) mass is 372 g/mol. The van der Waals surface area contributed by atoms with Gasteiger partial charge in [-0.2, -0.15) is 5.10 Å². The van der Waals surface area contributed by atoms with Crippen LogP contribution in [0.15, 0.2) is 64.1 Å². The summed E-state index contributed by atoms with van der Waals surface area (Å²) in [6.07, 6.45) is 1.44. The van der Waals surface area contributed by atoms with Crippen molar-refractivity contribution in [3.8, 4) is 11.3 Å². The molecular weight excluding hydrogens is 359 g/mol. The highest BCUT2D eigenvalue weighted by Gasteiger charge is 2.06. The Hall–Kier alpha value is -2.56. The summed E-state index contributed by atoms with van der Waals surface area (Å²) in [4.78, 5) is 11.9. The second-order valence-corrected chi connectivity index (χ2v) is 6.22. The molecule has 126 valence electrons. The highest BCUT2D eigenvalue weighted by Crippen LogP contribution is 2.26. The molecule has 3 rings (SSSR count). The Morgan fingerprint density at radius 2 is 1.84 bits per heavy atom. The van der Waals surface area contributed by atoms with Crippen LogP contribution in [0.25, 0.3) is 11.3 Å². The number of nitrogens with one attached hydrogen (secondary N) is 1. The van der Waals surface area contributed by atoms with Gasteiger partial charge >= 0.3 is 0 Å². The van der Waals surface area contributed by atoms with E-state index in [1.807, 2.05) is 31.2 Å². The van der Waals surface area contributed by atoms with Gasteiger partial charge in [0.1, 0.15) is 11.5 Å². The van der Waals surface area contributed by atoms with E-state index in [0.717, 1.165) is 11.1 Å². The van der Waals surface area contributed by atoms with Crippen LogP contribution in [-0.4, -0.2) is 12.1 Å². The van der Waals surface area contributed by atoms with Gasteiger partial charge in [0, 0.05) is 21.2 Å². The zero-order valence-corrected chi connectivity index (χ0v) is 14.8. The normalized spacial score (nSPS) is 11.0. The molecule has 0 unspecified atom stereocenters. The Bertz CT molecular complexity index is 931. The summed E-state index contributed by atoms with van der Waals surface area (Å²) < 4.78 is 5.69. The molecule has 0 aliphatic rings. The predicted octanol–water partition coefficient (Wildman–Crippen LogP) is 5.33. The van der Waals surface area contributed by atoms with E-state index in [4.69, 9.17) is 27.6 Å². The lowest BCUT2D eigenvalue weighted by molar-refractivity contribution is 0.0955. The van der Waals surface area contributed by atoms with Gasteiger partial charge in [-0.15, -0.1) is 0 Å². The second kappa shape index (κ2) is 7.55. The molecular formula is C19H14Cl2N2O2. The van der Waals surface area contributed by atoms with Crippen molar-refractivity contribution in [2.24, 2.45) is 5.10 Å². The largest absolute Gasteiger partial charge is 0.455 e. The summed E-state index contributed by atoms with van der Waals surface area (Å²) in [6.45, 7) is 1.94. The third-order valence-corrected chi connectivity index (χ3v) is 4.21. The number of aryl methyl sites for hydroxylation is 1. The van der Waals surface area contributed by atoms with Crippen LogP contribution in [0.4, 0.5) is 0 Å². The molecule has 0 bridgehead atoms. The smallest absolute Gasteiger partial charge is 0.271 e. The maximum absolute atomic E-state index is 11.9. The topological polar surface area (TPSA) is 54.6 Å². The van der Waals surface area contributed by atoms with Gasteiger partial charge < -0.3 is 4.42 Å². The lowest BCUT2D eigenvalue weighted by Gasteiger charge is -2.01. The standard InChI is InChI=1S/C19H14Cl2N2O2/c1-12-2-3-14(10-17(12)21)18-9-8-16(25-18)11-22-23-19(24)13-4-6-15(20)7-5-13/h2-11H,1H3,(H,23,24). The number of carbonyl (C=O) groups excluding carboxylic acids is 1. The molecule has 6 heteroatoms. The van der Waals surface area contributed by atoms with Crippen molar-refractivity contribution in [1.82, 2.24) is 5.43 Å². The molecule has 2 aromatic carbocycles. The Morgan fingerprint density at radius 3 is 2.56 bits per heavy atom. The number of furan rings is 1. The first-order chi connectivity index (χ1) is 12.0. The van der Waals surface area contributed by atoms with Gasteiger partial charge in [0.15, 0.2) is 0 Å². The van der Waals surface area contributed by atoms with E-state index in [9.17, 15) is 4.79 Å². The average molecular weight is 373 g/mol. The summed E-state index contributed by atoms with van der Waals surface area (Å²) in [5.41, 5.74) is 4.79. The van der Waals surface area contributed by atoms with Gasteiger partial charge in [0.05, 0.1) is 6.21 Å². The molecule has 0 saturated carbocycles. The summed E-state index contributed by atoms with van der Waals surface area (Å²) in [5.74, 6) is 0.862. The van der Waals surface area contributed by atoms with Crippen LogP contribution in [0, 0.1) is 6.92 Å². The van der Waals surface area contributed by atoms with Crippen molar-refractivity contribution in [3.05, 3.63) is 81.5 Å². The molecule has 0 radical (unpaired) electrons. The number of rotatable bonds is 4. The highest BCUT2D eigenvalue weighted by molar-refractivity contribution is 6.31. The number of nitrogens with zero attached hydrogens (tertiary/aromatic N) is 1. The maximum atomic E-state index is 11.9. The Labute approximate surface area is 155 Å². The van der Waals surface area contributed by atoms with Crippen molar-refractivity contribution in [1.29, 1.82) is 0 Å². The molecule has 0 aliphatic carbocycles. The molecule has 0 saturated heterocycles. The minimum absolute atomic E-state index is 0.329. The van der Waals surface area contributed by atoms with Crippen LogP contribution in [0.1, 0.15) is 21.7 Å². The summed E-state index contributed by atoms with van der Waals surface area (Å²) >= 11 is 11.9. The fourth-order valence-electron chi connectivity index (χ4n) is 2.14. The van der Waals surface area contributed by atoms with Crippen LogP contribution < -0.4 is 5.43 Å². The Morgan fingerprint density at radius 1 is 1.08 bits per heavy atom. The van der Waals surface area contributed by atoms with Crippen molar-refractivity contribution in [2.75, 3.05) is 0 Å². The van der Waals surface area contributed by atoms with E-state index >= 15 is 0 Å². The molecule has 25 heavy (non-hydrogen) atoms. The average Bonchev–Trinajstić information content (AvgIpc) is 3.07. The fraction of sp³-hybridized carbons (Fsp3) is 0.0526. The van der Waals surface area contributed by atoms with Crippen LogP contribution in [0.2, 0.25) is 10.0 Å². The zero-order valence-electron chi connectivity index (χ0n) is 13.3. The lowest BCUT2D eigenvalue weighted by atomic mass is 10.1. The summed E-state index contributed by atoms with van der Waals surface area (Å²) in [6, 6.07) is 15.8. The van der Waals surface area contributed by atoms with E-state index in [1.54, 1.807) is 30.3 Å². The number of hydrazone groups is 1. The van der Waals surface area contributed by atoms with Crippen molar-refractivity contribution < 1.29 is 9.21 Å². The minimum atomic E-state index is -0.329.